The van der Waals surface area contributed by atoms with Crippen molar-refractivity contribution >= 4 is 0 Å². The summed E-state index contributed by atoms with van der Waals surface area (Å²) in [5, 5.41) is 18.6. The summed E-state index contributed by atoms with van der Waals surface area (Å²) in [6.07, 6.45) is 1.88. The summed E-state index contributed by atoms with van der Waals surface area (Å²) in [5.41, 5.74) is 0. The van der Waals surface area contributed by atoms with E-state index < -0.39 is 0 Å². The lowest BCUT2D eigenvalue weighted by Crippen LogP contribution is -2.19. The van der Waals surface area contributed by atoms with Gasteiger partial charge >= 0.3 is 0 Å². The first kappa shape index (κ1) is 9.34. The van der Waals surface area contributed by atoms with Crippen LogP contribution in [0.25, 0.3) is 0 Å². The Bertz CT molecular complexity index is 290. The minimum absolute atomic E-state index is 0.222. The van der Waals surface area contributed by atoms with Gasteiger partial charge < -0.3 is 14.9 Å². The number of phenolic OH excluding ortho intramolecular Hbond substituents is 1. The van der Waals surface area contributed by atoms with E-state index >= 15 is 0 Å². The third-order valence-electron chi connectivity index (χ3n) is 2.42. The van der Waals surface area contributed by atoms with Crippen molar-refractivity contribution in [2.75, 3.05) is 6.61 Å². The molecule has 14 heavy (non-hydrogen) atoms. The number of ether oxygens (including phenoxy) is 1. The van der Waals surface area contributed by atoms with Crippen molar-refractivity contribution in [2.24, 2.45) is 5.92 Å². The summed E-state index contributed by atoms with van der Waals surface area (Å²) in [7, 11) is 0. The predicted octanol–water partition coefficient (Wildman–Crippen LogP) is 1.54. The van der Waals surface area contributed by atoms with E-state index in [-0.39, 0.29) is 11.9 Å². The number of hydrogen-bond donors (Lipinski definition) is 2. The summed E-state index contributed by atoms with van der Waals surface area (Å²) in [4.78, 5) is 0. The molecule has 1 saturated carbocycles. The largest absolute Gasteiger partial charge is 0.508 e. The molecular formula is C11H14O3. The molecule has 0 saturated heterocycles. The highest BCUT2D eigenvalue weighted by Gasteiger charge is 2.29. The Morgan fingerprint density at radius 2 is 1.93 bits per heavy atom. The third-order valence-corrected chi connectivity index (χ3v) is 2.42. The molecule has 1 unspecified atom stereocenters. The molecule has 1 aliphatic carbocycles. The van der Waals surface area contributed by atoms with Gasteiger partial charge in [-0.2, -0.15) is 0 Å². The maximum atomic E-state index is 9.53. The van der Waals surface area contributed by atoms with Crippen LogP contribution in [-0.2, 0) is 0 Å². The first-order valence-electron chi connectivity index (χ1n) is 4.85. The average Bonchev–Trinajstić information content (AvgIpc) is 3.00. The van der Waals surface area contributed by atoms with Crippen LogP contribution in [0, 0.1) is 5.92 Å². The van der Waals surface area contributed by atoms with Crippen LogP contribution >= 0.6 is 0 Å². The highest BCUT2D eigenvalue weighted by molar-refractivity contribution is 5.30. The maximum absolute atomic E-state index is 9.53. The second-order valence-corrected chi connectivity index (χ2v) is 3.71. The van der Waals surface area contributed by atoms with Gasteiger partial charge in [0.15, 0.2) is 0 Å². The first-order chi connectivity index (χ1) is 6.75. The second-order valence-electron chi connectivity index (χ2n) is 3.71. The summed E-state index contributed by atoms with van der Waals surface area (Å²) in [6, 6.07) is 6.52. The lowest BCUT2D eigenvalue weighted by atomic mass is 10.2. The third kappa shape index (κ3) is 2.39. The van der Waals surface area contributed by atoms with E-state index in [1.807, 2.05) is 0 Å². The number of hydrogen-bond acceptors (Lipinski definition) is 3. The molecule has 1 aromatic carbocycles. The summed E-state index contributed by atoms with van der Waals surface area (Å²) in [5.74, 6) is 1.34. The van der Waals surface area contributed by atoms with Crippen molar-refractivity contribution in [3.8, 4) is 11.5 Å². The van der Waals surface area contributed by atoms with E-state index in [1.165, 1.54) is 0 Å². The van der Waals surface area contributed by atoms with Crippen LogP contribution in [0.15, 0.2) is 24.3 Å². The number of rotatable bonds is 4. The van der Waals surface area contributed by atoms with E-state index in [9.17, 15) is 5.11 Å². The van der Waals surface area contributed by atoms with Crippen LogP contribution in [0.3, 0.4) is 0 Å². The van der Waals surface area contributed by atoms with E-state index in [4.69, 9.17) is 9.84 Å². The van der Waals surface area contributed by atoms with Crippen LogP contribution < -0.4 is 4.74 Å². The molecule has 3 heteroatoms. The topological polar surface area (TPSA) is 49.7 Å². The Morgan fingerprint density at radius 3 is 2.50 bits per heavy atom. The standard InChI is InChI=1S/C11H14O3/c12-9-3-5-10(6-4-9)14-7-11(13)8-1-2-8/h3-6,8,11-13H,1-2,7H2. The molecule has 0 heterocycles. The fourth-order valence-corrected chi connectivity index (χ4v) is 1.34. The highest BCUT2D eigenvalue weighted by Crippen LogP contribution is 2.32. The fourth-order valence-electron chi connectivity index (χ4n) is 1.34. The smallest absolute Gasteiger partial charge is 0.119 e. The van der Waals surface area contributed by atoms with Gasteiger partial charge in [0.25, 0.3) is 0 Å². The van der Waals surface area contributed by atoms with E-state index in [2.05, 4.69) is 0 Å². The lowest BCUT2D eigenvalue weighted by molar-refractivity contribution is 0.0894. The van der Waals surface area contributed by atoms with Crippen LogP contribution in [0.2, 0.25) is 0 Å². The number of benzene rings is 1. The van der Waals surface area contributed by atoms with Gasteiger partial charge in [-0.1, -0.05) is 0 Å². The van der Waals surface area contributed by atoms with Gasteiger partial charge in [0, 0.05) is 0 Å². The zero-order chi connectivity index (χ0) is 9.97. The Morgan fingerprint density at radius 1 is 1.29 bits per heavy atom. The predicted molar refractivity (Wildman–Crippen MR) is 52.3 cm³/mol. The molecule has 3 nitrogen and oxygen atoms in total. The van der Waals surface area contributed by atoms with Crippen molar-refractivity contribution in [3.05, 3.63) is 24.3 Å². The molecule has 0 amide bonds. The van der Waals surface area contributed by atoms with Crippen molar-refractivity contribution in [2.45, 2.75) is 18.9 Å². The second kappa shape index (κ2) is 3.88. The molecule has 1 aromatic rings. The number of phenols is 1. The van der Waals surface area contributed by atoms with E-state index in [0.29, 0.717) is 18.3 Å². The Labute approximate surface area is 83.0 Å². The molecule has 1 atom stereocenters. The minimum Gasteiger partial charge on any atom is -0.508 e. The van der Waals surface area contributed by atoms with Crippen molar-refractivity contribution in [1.29, 1.82) is 0 Å². The average molecular weight is 194 g/mol. The number of aliphatic hydroxyl groups excluding tert-OH is 1. The molecule has 1 aliphatic rings. The van der Waals surface area contributed by atoms with E-state index in [1.54, 1.807) is 24.3 Å². The van der Waals surface area contributed by atoms with Gasteiger partial charge in [-0.15, -0.1) is 0 Å². The molecule has 0 bridgehead atoms. The van der Waals surface area contributed by atoms with Gasteiger partial charge in [0.05, 0.1) is 6.10 Å². The molecule has 0 aromatic heterocycles. The number of aliphatic hydroxyl groups is 1. The Balaban J connectivity index is 1.82. The minimum atomic E-state index is -0.344. The van der Waals surface area contributed by atoms with Crippen molar-refractivity contribution in [1.82, 2.24) is 0 Å². The molecule has 76 valence electrons. The normalized spacial score (nSPS) is 17.8. The van der Waals surface area contributed by atoms with Gasteiger partial charge in [-0.05, 0) is 43.0 Å². The molecule has 2 rings (SSSR count). The first-order valence-corrected chi connectivity index (χ1v) is 4.85. The monoisotopic (exact) mass is 194 g/mol. The van der Waals surface area contributed by atoms with E-state index in [0.717, 1.165) is 12.8 Å². The van der Waals surface area contributed by atoms with Gasteiger partial charge in [-0.25, -0.2) is 0 Å². The van der Waals surface area contributed by atoms with Crippen molar-refractivity contribution < 1.29 is 14.9 Å². The highest BCUT2D eigenvalue weighted by atomic mass is 16.5. The molecule has 2 N–H and O–H groups in total. The number of aromatic hydroxyl groups is 1. The van der Waals surface area contributed by atoms with Crippen LogP contribution in [0.1, 0.15) is 12.8 Å². The molecule has 0 aliphatic heterocycles. The summed E-state index contributed by atoms with van der Waals surface area (Å²) in [6.45, 7) is 0.343. The van der Waals surface area contributed by atoms with Crippen LogP contribution in [0.4, 0.5) is 0 Å². The van der Waals surface area contributed by atoms with Gasteiger partial charge in [0.2, 0.25) is 0 Å². The molecule has 0 radical (unpaired) electrons. The SMILES string of the molecule is Oc1ccc(OCC(O)C2CC2)cc1. The Kier molecular flexibility index (Phi) is 2.59. The lowest BCUT2D eigenvalue weighted by Gasteiger charge is -2.10. The van der Waals surface area contributed by atoms with Crippen LogP contribution in [0.5, 0.6) is 11.5 Å². The quantitative estimate of drug-likeness (QED) is 0.764. The zero-order valence-corrected chi connectivity index (χ0v) is 7.89. The van der Waals surface area contributed by atoms with Gasteiger partial charge in [0.1, 0.15) is 18.1 Å². The summed E-state index contributed by atoms with van der Waals surface area (Å²) < 4.78 is 5.36. The Hall–Kier alpha value is -1.22. The fraction of sp³-hybridized carbons (Fsp3) is 0.455. The van der Waals surface area contributed by atoms with Crippen LogP contribution in [-0.4, -0.2) is 22.9 Å². The zero-order valence-electron chi connectivity index (χ0n) is 7.89. The maximum Gasteiger partial charge on any atom is 0.119 e. The molecule has 0 spiro atoms. The van der Waals surface area contributed by atoms with Crippen molar-refractivity contribution in [3.63, 3.8) is 0 Å². The summed E-state index contributed by atoms with van der Waals surface area (Å²) >= 11 is 0. The van der Waals surface area contributed by atoms with Gasteiger partial charge in [-0.3, -0.25) is 0 Å². The molecular weight excluding hydrogens is 180 g/mol. The molecule has 1 fully saturated rings.